The predicted octanol–water partition coefficient (Wildman–Crippen LogP) is 2.73. The molecule has 1 rings (SSSR count). The summed E-state index contributed by atoms with van der Waals surface area (Å²) in [5.74, 6) is 0.352. The molecule has 0 saturated carbocycles. The molecule has 0 heterocycles. The van der Waals surface area contributed by atoms with Gasteiger partial charge < -0.3 is 5.11 Å². The summed E-state index contributed by atoms with van der Waals surface area (Å²) >= 11 is 0. The summed E-state index contributed by atoms with van der Waals surface area (Å²) in [6.45, 7) is 2.18. The fourth-order valence-electron chi connectivity index (χ4n) is 1.04. The topological polar surface area (TPSA) is 20.2 Å². The number of hydrogen-bond acceptors (Lipinski definition) is 1. The van der Waals surface area contributed by atoms with Gasteiger partial charge in [-0.15, -0.1) is 0 Å². The van der Waals surface area contributed by atoms with Crippen LogP contribution in [0.1, 0.15) is 25.3 Å². The van der Waals surface area contributed by atoms with E-state index in [0.29, 0.717) is 5.75 Å². The van der Waals surface area contributed by atoms with E-state index in [4.69, 9.17) is 5.11 Å². The third-order valence-electron chi connectivity index (χ3n) is 1.76. The molecule has 1 aromatic carbocycles. The van der Waals surface area contributed by atoms with E-state index in [2.05, 4.69) is 6.92 Å². The summed E-state index contributed by atoms with van der Waals surface area (Å²) in [6.07, 6.45) is 3.57. The predicted molar refractivity (Wildman–Crippen MR) is 46.7 cm³/mol. The second kappa shape index (κ2) is 6.08. The molecule has 0 fully saturated rings. The molecule has 12 heavy (non-hydrogen) atoms. The Morgan fingerprint density at radius 1 is 1.17 bits per heavy atom. The van der Waals surface area contributed by atoms with E-state index in [1.54, 1.807) is 12.1 Å². The van der Waals surface area contributed by atoms with Crippen molar-refractivity contribution < 1.29 is 21.6 Å². The minimum atomic E-state index is 0. The van der Waals surface area contributed by atoms with Crippen LogP contribution in [0.2, 0.25) is 0 Å². The molecule has 0 unspecified atom stereocenters. The summed E-state index contributed by atoms with van der Waals surface area (Å²) in [5, 5.41) is 8.98. The Morgan fingerprint density at radius 3 is 2.25 bits per heavy atom. The zero-order valence-corrected chi connectivity index (χ0v) is 8.18. The van der Waals surface area contributed by atoms with Crippen LogP contribution in [0.15, 0.2) is 24.3 Å². The number of hydrogen-bond donors (Lipinski definition) is 1. The molecule has 0 aliphatic rings. The van der Waals surface area contributed by atoms with Gasteiger partial charge in [-0.2, -0.15) is 0 Å². The molecule has 0 saturated heterocycles. The van der Waals surface area contributed by atoms with Gasteiger partial charge in [0.2, 0.25) is 0 Å². The molecule has 0 bridgehead atoms. The minimum Gasteiger partial charge on any atom is -0.508 e. The van der Waals surface area contributed by atoms with E-state index in [9.17, 15) is 0 Å². The smallest absolute Gasteiger partial charge is 0.115 e. The van der Waals surface area contributed by atoms with Crippen LogP contribution in [0.3, 0.4) is 0 Å². The maximum atomic E-state index is 8.98. The first kappa shape index (κ1) is 11.5. The second-order valence-corrected chi connectivity index (χ2v) is 2.77. The third kappa shape index (κ3) is 3.78. The number of phenols is 1. The van der Waals surface area contributed by atoms with E-state index in [1.165, 1.54) is 18.4 Å². The Hall–Kier alpha value is -0.486. The van der Waals surface area contributed by atoms with Crippen LogP contribution in [0, 0.1) is 0 Å². The van der Waals surface area contributed by atoms with Crippen LogP contribution in [0.5, 0.6) is 5.75 Å². The first-order valence-corrected chi connectivity index (χ1v) is 4.11. The van der Waals surface area contributed by atoms with Crippen molar-refractivity contribution in [3.05, 3.63) is 29.8 Å². The van der Waals surface area contributed by atoms with E-state index in [1.807, 2.05) is 12.1 Å². The summed E-state index contributed by atoms with van der Waals surface area (Å²) < 4.78 is 0. The standard InChI is InChI=1S/C10H14O.Ni/c1-2-3-4-9-5-7-10(11)8-6-9;/h5-8,11H,2-4H2,1H3;. The van der Waals surface area contributed by atoms with Crippen molar-refractivity contribution in [3.63, 3.8) is 0 Å². The normalized spacial score (nSPS) is 9.08. The third-order valence-corrected chi connectivity index (χ3v) is 1.76. The van der Waals surface area contributed by atoms with E-state index >= 15 is 0 Å². The van der Waals surface area contributed by atoms with Crippen LogP contribution < -0.4 is 0 Å². The summed E-state index contributed by atoms with van der Waals surface area (Å²) in [6, 6.07) is 7.44. The Morgan fingerprint density at radius 2 is 1.75 bits per heavy atom. The van der Waals surface area contributed by atoms with Gasteiger partial charge >= 0.3 is 0 Å². The van der Waals surface area contributed by atoms with Crippen LogP contribution in [0.4, 0.5) is 0 Å². The van der Waals surface area contributed by atoms with Crippen LogP contribution in [0.25, 0.3) is 0 Å². The summed E-state index contributed by atoms with van der Waals surface area (Å²) in [7, 11) is 0. The molecule has 1 nitrogen and oxygen atoms in total. The van der Waals surface area contributed by atoms with Gasteiger partial charge in [-0.1, -0.05) is 25.5 Å². The van der Waals surface area contributed by atoms with Crippen LogP contribution in [-0.2, 0) is 22.9 Å². The molecular formula is C10H14NiO. The summed E-state index contributed by atoms with van der Waals surface area (Å²) in [4.78, 5) is 0. The molecule has 1 aromatic rings. The van der Waals surface area contributed by atoms with Gasteiger partial charge in [0.05, 0.1) is 0 Å². The first-order valence-electron chi connectivity index (χ1n) is 4.11. The molecule has 70 valence electrons. The van der Waals surface area contributed by atoms with Crippen LogP contribution in [-0.4, -0.2) is 5.11 Å². The van der Waals surface area contributed by atoms with E-state index in [-0.39, 0.29) is 16.5 Å². The molecule has 0 aromatic heterocycles. The minimum absolute atomic E-state index is 0. The molecule has 1 N–H and O–H groups in total. The fourth-order valence-corrected chi connectivity index (χ4v) is 1.04. The van der Waals surface area contributed by atoms with Crippen molar-refractivity contribution in [2.24, 2.45) is 0 Å². The number of phenolic OH excluding ortho intramolecular Hbond substituents is 1. The van der Waals surface area contributed by atoms with Crippen molar-refractivity contribution in [1.82, 2.24) is 0 Å². The molecule has 2 heteroatoms. The van der Waals surface area contributed by atoms with Gasteiger partial charge in [-0.05, 0) is 30.5 Å². The zero-order valence-electron chi connectivity index (χ0n) is 7.19. The molecule has 0 atom stereocenters. The van der Waals surface area contributed by atoms with E-state index < -0.39 is 0 Å². The molecular weight excluding hydrogens is 195 g/mol. The van der Waals surface area contributed by atoms with Gasteiger partial charge in [0.25, 0.3) is 0 Å². The molecule has 0 radical (unpaired) electrons. The summed E-state index contributed by atoms with van der Waals surface area (Å²) in [5.41, 5.74) is 1.31. The molecule has 0 aliphatic heterocycles. The van der Waals surface area contributed by atoms with Gasteiger partial charge in [0.15, 0.2) is 0 Å². The maximum absolute atomic E-state index is 8.98. The number of rotatable bonds is 3. The van der Waals surface area contributed by atoms with Crippen molar-refractivity contribution in [1.29, 1.82) is 0 Å². The molecule has 0 spiro atoms. The Bertz CT molecular complexity index is 206. The van der Waals surface area contributed by atoms with Crippen molar-refractivity contribution in [2.75, 3.05) is 0 Å². The van der Waals surface area contributed by atoms with Crippen LogP contribution >= 0.6 is 0 Å². The Labute approximate surface area is 83.7 Å². The fraction of sp³-hybridized carbons (Fsp3) is 0.400. The Balaban J connectivity index is 0.00000121. The first-order chi connectivity index (χ1) is 5.33. The van der Waals surface area contributed by atoms with Crippen molar-refractivity contribution in [2.45, 2.75) is 26.2 Å². The number of unbranched alkanes of at least 4 members (excludes halogenated alkanes) is 1. The van der Waals surface area contributed by atoms with E-state index in [0.717, 1.165) is 6.42 Å². The van der Waals surface area contributed by atoms with Crippen molar-refractivity contribution in [3.8, 4) is 5.75 Å². The van der Waals surface area contributed by atoms with Crippen molar-refractivity contribution >= 4 is 0 Å². The average Bonchev–Trinajstić information content (AvgIpc) is 2.04. The zero-order chi connectivity index (χ0) is 8.10. The largest absolute Gasteiger partial charge is 0.508 e. The maximum Gasteiger partial charge on any atom is 0.115 e. The molecule has 0 amide bonds. The second-order valence-electron chi connectivity index (χ2n) is 2.77. The van der Waals surface area contributed by atoms with Gasteiger partial charge in [0.1, 0.15) is 5.75 Å². The monoisotopic (exact) mass is 208 g/mol. The molecule has 0 aliphatic carbocycles. The van der Waals surface area contributed by atoms with Gasteiger partial charge in [-0.3, -0.25) is 0 Å². The number of benzene rings is 1. The Kier molecular flexibility index (Phi) is 5.83. The van der Waals surface area contributed by atoms with Gasteiger partial charge in [0, 0.05) is 16.5 Å². The van der Waals surface area contributed by atoms with Gasteiger partial charge in [-0.25, -0.2) is 0 Å². The average molecular weight is 209 g/mol. The quantitative estimate of drug-likeness (QED) is 0.758. The SMILES string of the molecule is CCCCc1ccc(O)cc1.[Ni]. The number of aryl methyl sites for hydroxylation is 1. The number of aromatic hydroxyl groups is 1.